The maximum absolute atomic E-state index is 12.1. The molecule has 0 spiro atoms. The third-order valence-corrected chi connectivity index (χ3v) is 4.63. The van der Waals surface area contributed by atoms with Crippen LogP contribution in [-0.2, 0) is 4.79 Å². The lowest BCUT2D eigenvalue weighted by molar-refractivity contribution is -0.121. The summed E-state index contributed by atoms with van der Waals surface area (Å²) >= 11 is 1.65. The average molecular weight is 275 g/mol. The molecule has 1 aliphatic rings. The summed E-state index contributed by atoms with van der Waals surface area (Å²) in [7, 11) is 0. The van der Waals surface area contributed by atoms with Crippen molar-refractivity contribution in [2.75, 3.05) is 18.4 Å². The van der Waals surface area contributed by atoms with Gasteiger partial charge in [-0.25, -0.2) is 4.98 Å². The second-order valence-corrected chi connectivity index (χ2v) is 6.35. The number of benzene rings is 1. The first kappa shape index (κ1) is 12.6. The van der Waals surface area contributed by atoms with Gasteiger partial charge in [-0.05, 0) is 44.1 Å². The van der Waals surface area contributed by atoms with E-state index >= 15 is 0 Å². The summed E-state index contributed by atoms with van der Waals surface area (Å²) < 4.78 is 1.12. The molecule has 1 aromatic heterocycles. The van der Waals surface area contributed by atoms with Crippen LogP contribution in [-0.4, -0.2) is 24.0 Å². The van der Waals surface area contributed by atoms with E-state index in [1.165, 1.54) is 0 Å². The molecule has 1 unspecified atom stereocenters. The molecule has 2 N–H and O–H groups in total. The van der Waals surface area contributed by atoms with E-state index in [0.717, 1.165) is 34.0 Å². The smallest absolute Gasteiger partial charge is 0.227 e. The van der Waals surface area contributed by atoms with Crippen molar-refractivity contribution in [3.8, 4) is 0 Å². The molecule has 1 amide bonds. The van der Waals surface area contributed by atoms with Crippen molar-refractivity contribution in [1.29, 1.82) is 0 Å². The fourth-order valence-electron chi connectivity index (χ4n) is 2.25. The second kappa shape index (κ2) is 4.90. The molecule has 1 saturated heterocycles. The Hall–Kier alpha value is -1.46. The Morgan fingerprint density at radius 3 is 3.00 bits per heavy atom. The van der Waals surface area contributed by atoms with Gasteiger partial charge >= 0.3 is 0 Å². The normalized spacial score (nSPS) is 17.2. The summed E-state index contributed by atoms with van der Waals surface area (Å²) in [5.41, 5.74) is 1.86. The Balaban J connectivity index is 1.74. The number of carbonyl (C=O) groups is 1. The van der Waals surface area contributed by atoms with Crippen LogP contribution in [0, 0.1) is 18.8 Å². The Morgan fingerprint density at radius 2 is 2.32 bits per heavy atom. The monoisotopic (exact) mass is 275 g/mol. The molecule has 19 heavy (non-hydrogen) atoms. The highest BCUT2D eigenvalue weighted by atomic mass is 32.1. The van der Waals surface area contributed by atoms with Gasteiger partial charge in [0.15, 0.2) is 0 Å². The van der Waals surface area contributed by atoms with Crippen LogP contribution in [0.4, 0.5) is 5.69 Å². The maximum Gasteiger partial charge on any atom is 0.227 e. The van der Waals surface area contributed by atoms with Gasteiger partial charge in [-0.1, -0.05) is 6.92 Å². The van der Waals surface area contributed by atoms with E-state index in [0.29, 0.717) is 5.92 Å². The first-order chi connectivity index (χ1) is 9.13. The van der Waals surface area contributed by atoms with Crippen LogP contribution in [0.5, 0.6) is 0 Å². The predicted molar refractivity (Wildman–Crippen MR) is 78.5 cm³/mol. The summed E-state index contributed by atoms with van der Waals surface area (Å²) in [6.45, 7) is 5.88. The molecule has 0 bridgehead atoms. The summed E-state index contributed by atoms with van der Waals surface area (Å²) in [6, 6.07) is 5.89. The number of aryl methyl sites for hydroxylation is 1. The van der Waals surface area contributed by atoms with E-state index in [1.54, 1.807) is 11.3 Å². The zero-order valence-corrected chi connectivity index (χ0v) is 11.9. The summed E-state index contributed by atoms with van der Waals surface area (Å²) in [5.74, 6) is 0.626. The molecule has 2 aromatic rings. The predicted octanol–water partition coefficient (Wildman–Crippen LogP) is 2.40. The summed E-state index contributed by atoms with van der Waals surface area (Å²) in [6.07, 6.45) is 0. The number of rotatable bonds is 3. The van der Waals surface area contributed by atoms with Crippen LogP contribution in [0.15, 0.2) is 18.2 Å². The first-order valence-corrected chi connectivity index (χ1v) is 7.34. The van der Waals surface area contributed by atoms with Gasteiger partial charge < -0.3 is 10.6 Å². The highest BCUT2D eigenvalue weighted by molar-refractivity contribution is 7.18. The van der Waals surface area contributed by atoms with Crippen molar-refractivity contribution < 1.29 is 4.79 Å². The fourth-order valence-corrected chi connectivity index (χ4v) is 3.12. The Labute approximate surface area is 116 Å². The number of aromatic nitrogens is 1. The van der Waals surface area contributed by atoms with Crippen LogP contribution in [0.1, 0.15) is 11.9 Å². The molecule has 4 nitrogen and oxygen atoms in total. The SMILES string of the molecule is Cc1nc2ccc(NC(=O)C(C)C3CNC3)cc2s1. The van der Waals surface area contributed by atoms with E-state index in [1.807, 2.05) is 32.0 Å². The zero-order chi connectivity index (χ0) is 13.4. The number of hydrogen-bond donors (Lipinski definition) is 2. The lowest BCUT2D eigenvalue weighted by Crippen LogP contribution is -2.48. The Bertz CT molecular complexity index is 618. The third kappa shape index (κ3) is 2.48. The van der Waals surface area contributed by atoms with Crippen LogP contribution >= 0.6 is 11.3 Å². The Morgan fingerprint density at radius 1 is 1.53 bits per heavy atom. The van der Waals surface area contributed by atoms with Gasteiger partial charge in [-0.3, -0.25) is 4.79 Å². The largest absolute Gasteiger partial charge is 0.326 e. The van der Waals surface area contributed by atoms with E-state index in [-0.39, 0.29) is 11.8 Å². The van der Waals surface area contributed by atoms with Crippen molar-refractivity contribution in [3.05, 3.63) is 23.2 Å². The van der Waals surface area contributed by atoms with Crippen molar-refractivity contribution in [1.82, 2.24) is 10.3 Å². The minimum atomic E-state index is 0.0557. The van der Waals surface area contributed by atoms with Crippen LogP contribution in [0.25, 0.3) is 10.2 Å². The number of nitrogens with one attached hydrogen (secondary N) is 2. The highest BCUT2D eigenvalue weighted by Crippen LogP contribution is 2.25. The number of amides is 1. The van der Waals surface area contributed by atoms with E-state index in [2.05, 4.69) is 15.6 Å². The fraction of sp³-hybridized carbons (Fsp3) is 0.429. The molecule has 0 aliphatic carbocycles. The average Bonchev–Trinajstić information content (AvgIpc) is 2.66. The molecular weight excluding hydrogens is 258 g/mol. The maximum atomic E-state index is 12.1. The van der Waals surface area contributed by atoms with Crippen molar-refractivity contribution in [2.24, 2.45) is 11.8 Å². The molecule has 3 rings (SSSR count). The molecule has 1 aromatic carbocycles. The topological polar surface area (TPSA) is 54.0 Å². The van der Waals surface area contributed by atoms with Crippen LogP contribution in [0.3, 0.4) is 0 Å². The number of thiazole rings is 1. The molecular formula is C14H17N3OS. The minimum Gasteiger partial charge on any atom is -0.326 e. The first-order valence-electron chi connectivity index (χ1n) is 6.52. The number of nitrogens with zero attached hydrogens (tertiary/aromatic N) is 1. The molecule has 1 atom stereocenters. The molecule has 2 heterocycles. The third-order valence-electron chi connectivity index (χ3n) is 3.70. The molecule has 100 valence electrons. The quantitative estimate of drug-likeness (QED) is 0.904. The number of carbonyl (C=O) groups excluding carboxylic acids is 1. The zero-order valence-electron chi connectivity index (χ0n) is 11.1. The number of anilines is 1. The lowest BCUT2D eigenvalue weighted by Gasteiger charge is -2.31. The highest BCUT2D eigenvalue weighted by Gasteiger charge is 2.28. The summed E-state index contributed by atoms with van der Waals surface area (Å²) in [5, 5.41) is 7.25. The van der Waals surface area contributed by atoms with Gasteiger partial charge in [0.1, 0.15) is 0 Å². The minimum absolute atomic E-state index is 0.0557. The van der Waals surface area contributed by atoms with Gasteiger partial charge in [-0.2, -0.15) is 0 Å². The second-order valence-electron chi connectivity index (χ2n) is 5.11. The van der Waals surface area contributed by atoms with E-state index in [4.69, 9.17) is 0 Å². The van der Waals surface area contributed by atoms with Crippen LogP contribution < -0.4 is 10.6 Å². The molecule has 0 radical (unpaired) electrons. The van der Waals surface area contributed by atoms with Gasteiger partial charge in [0.2, 0.25) is 5.91 Å². The molecule has 0 saturated carbocycles. The lowest BCUT2D eigenvalue weighted by atomic mass is 9.88. The summed E-state index contributed by atoms with van der Waals surface area (Å²) in [4.78, 5) is 16.6. The van der Waals surface area contributed by atoms with Crippen molar-refractivity contribution in [2.45, 2.75) is 13.8 Å². The number of fused-ring (bicyclic) bond motifs is 1. The number of hydrogen-bond acceptors (Lipinski definition) is 4. The van der Waals surface area contributed by atoms with Gasteiger partial charge in [0.25, 0.3) is 0 Å². The van der Waals surface area contributed by atoms with E-state index < -0.39 is 0 Å². The van der Waals surface area contributed by atoms with Gasteiger partial charge in [0.05, 0.1) is 15.2 Å². The van der Waals surface area contributed by atoms with Crippen molar-refractivity contribution in [3.63, 3.8) is 0 Å². The molecule has 5 heteroatoms. The van der Waals surface area contributed by atoms with Crippen molar-refractivity contribution >= 4 is 33.1 Å². The van der Waals surface area contributed by atoms with Gasteiger partial charge in [-0.15, -0.1) is 11.3 Å². The van der Waals surface area contributed by atoms with Gasteiger partial charge in [0, 0.05) is 11.6 Å². The standard InChI is InChI=1S/C14H17N3OS/c1-8(10-6-15-7-10)14(18)17-11-3-4-12-13(5-11)19-9(2)16-12/h3-5,8,10,15H,6-7H2,1-2H3,(H,17,18). The molecule has 1 fully saturated rings. The molecule has 1 aliphatic heterocycles. The van der Waals surface area contributed by atoms with E-state index in [9.17, 15) is 4.79 Å². The van der Waals surface area contributed by atoms with Crippen LogP contribution in [0.2, 0.25) is 0 Å². The Kier molecular flexibility index (Phi) is 3.24.